The normalized spacial score (nSPS) is 10.2. The van der Waals surface area contributed by atoms with Crippen LogP contribution in [0.4, 0.5) is 0 Å². The Morgan fingerprint density at radius 1 is 1.09 bits per heavy atom. The fraction of sp³-hybridized carbons (Fsp3) is 0.125. The van der Waals surface area contributed by atoms with Crippen molar-refractivity contribution in [2.24, 2.45) is 0 Å². The Morgan fingerprint density at radius 3 is 2.50 bits per heavy atom. The lowest BCUT2D eigenvalue weighted by molar-refractivity contribution is 0.0696. The molecule has 2 aromatic rings. The van der Waals surface area contributed by atoms with Crippen LogP contribution in [0.25, 0.3) is 0 Å². The number of rotatable bonds is 5. The first-order chi connectivity index (χ1) is 10.5. The largest absolute Gasteiger partial charge is 0.478 e. The van der Waals surface area contributed by atoms with E-state index in [9.17, 15) is 14.7 Å². The molecular weight excluding hydrogens is 281 g/mol. The number of hydrogen-bond donors (Lipinski definition) is 3. The van der Waals surface area contributed by atoms with Crippen LogP contribution in [0.1, 0.15) is 31.8 Å². The summed E-state index contributed by atoms with van der Waals surface area (Å²) in [5.41, 5.74) is 1.93. The number of carboxylic acids is 1. The highest BCUT2D eigenvalue weighted by Gasteiger charge is 2.11. The number of hydrogen-bond acceptors (Lipinski definition) is 3. The third-order valence-corrected chi connectivity index (χ3v) is 3.26. The van der Waals surface area contributed by atoms with Crippen molar-refractivity contribution in [2.75, 3.05) is 0 Å². The molecule has 0 aliphatic carbocycles. The van der Waals surface area contributed by atoms with Gasteiger partial charge in [0.2, 0.25) is 0 Å². The zero-order valence-corrected chi connectivity index (χ0v) is 11.7. The van der Waals surface area contributed by atoms with E-state index in [0.717, 1.165) is 0 Å². The molecule has 0 fully saturated rings. The topological polar surface area (TPSA) is 86.6 Å². The highest BCUT2D eigenvalue weighted by Crippen LogP contribution is 2.09. The lowest BCUT2D eigenvalue weighted by atomic mass is 9.89. The molecule has 6 heteroatoms. The Morgan fingerprint density at radius 2 is 1.82 bits per heavy atom. The summed E-state index contributed by atoms with van der Waals surface area (Å²) in [6.07, 6.45) is 0. The molecule has 22 heavy (non-hydrogen) atoms. The van der Waals surface area contributed by atoms with Crippen molar-refractivity contribution >= 4 is 25.2 Å². The summed E-state index contributed by atoms with van der Waals surface area (Å²) in [6, 6.07) is 11.0. The molecule has 0 aliphatic rings. The van der Waals surface area contributed by atoms with Crippen molar-refractivity contribution in [2.45, 2.75) is 13.2 Å². The van der Waals surface area contributed by atoms with E-state index in [4.69, 9.17) is 13.0 Å². The molecule has 0 atom stereocenters. The van der Waals surface area contributed by atoms with Gasteiger partial charge in [0.05, 0.1) is 12.2 Å². The minimum absolute atomic E-state index is 0.103. The fourth-order valence-electron chi connectivity index (χ4n) is 2.04. The molecule has 2 rings (SSSR count). The van der Waals surface area contributed by atoms with Crippen LogP contribution in [0.15, 0.2) is 42.5 Å². The number of aliphatic hydroxyl groups excluding tert-OH is 1. The van der Waals surface area contributed by atoms with E-state index in [2.05, 4.69) is 5.32 Å². The predicted molar refractivity (Wildman–Crippen MR) is 82.3 cm³/mol. The number of carboxylic acid groups (broad SMARTS) is 1. The summed E-state index contributed by atoms with van der Waals surface area (Å²) in [7, 11) is 5.79. The molecule has 0 aromatic heterocycles. The van der Waals surface area contributed by atoms with E-state index in [1.807, 2.05) is 0 Å². The molecule has 3 N–H and O–H groups in total. The van der Waals surface area contributed by atoms with Crippen molar-refractivity contribution in [1.29, 1.82) is 0 Å². The lowest BCUT2D eigenvalue weighted by Gasteiger charge is -2.11. The van der Waals surface area contributed by atoms with Crippen LogP contribution in [-0.2, 0) is 13.2 Å². The predicted octanol–water partition coefficient (Wildman–Crippen LogP) is 0.601. The van der Waals surface area contributed by atoms with Crippen LogP contribution >= 0.6 is 0 Å². The zero-order valence-electron chi connectivity index (χ0n) is 11.7. The number of nitrogens with one attached hydrogen (secondary N) is 1. The van der Waals surface area contributed by atoms with Crippen LogP contribution in [0.2, 0.25) is 0 Å². The highest BCUT2D eigenvalue weighted by atomic mass is 16.4. The maximum atomic E-state index is 12.1. The monoisotopic (exact) mass is 295 g/mol. The minimum atomic E-state index is -1.06. The smallest absolute Gasteiger partial charge is 0.335 e. The van der Waals surface area contributed by atoms with E-state index in [1.165, 1.54) is 18.2 Å². The first kappa shape index (κ1) is 15.8. The van der Waals surface area contributed by atoms with E-state index >= 15 is 0 Å². The molecule has 0 spiro atoms. The number of aliphatic hydroxyl groups is 1. The van der Waals surface area contributed by atoms with Gasteiger partial charge in [-0.2, -0.15) is 0 Å². The number of carbonyl (C=O) groups excluding carboxylic acids is 1. The molecule has 1 amide bonds. The van der Waals surface area contributed by atoms with Gasteiger partial charge in [-0.3, -0.25) is 4.79 Å². The second-order valence-electron chi connectivity index (χ2n) is 4.72. The van der Waals surface area contributed by atoms with Gasteiger partial charge in [0, 0.05) is 12.1 Å². The molecule has 0 heterocycles. The standard InChI is InChI=1S/C16H14BNO4/c17-14-6-5-10(16(21)22)7-12(14)8-18-15(20)13-4-2-1-3-11(13)9-19/h1-7,19H,8-9H2,(H,18,20)(H,21,22). The van der Waals surface area contributed by atoms with Gasteiger partial charge in [0.15, 0.2) is 0 Å². The Kier molecular flexibility index (Phi) is 4.96. The Bertz CT molecular complexity index is 715. The Hall–Kier alpha value is -2.60. The van der Waals surface area contributed by atoms with E-state index in [-0.39, 0.29) is 24.6 Å². The molecule has 0 aliphatic heterocycles. The second kappa shape index (κ2) is 6.91. The van der Waals surface area contributed by atoms with E-state index in [0.29, 0.717) is 22.2 Å². The molecule has 0 saturated heterocycles. The average Bonchev–Trinajstić information content (AvgIpc) is 2.53. The summed E-state index contributed by atoms with van der Waals surface area (Å²) < 4.78 is 0. The van der Waals surface area contributed by atoms with Crippen LogP contribution in [0.5, 0.6) is 0 Å². The zero-order chi connectivity index (χ0) is 16.1. The summed E-state index contributed by atoms with van der Waals surface area (Å²) in [4.78, 5) is 23.1. The lowest BCUT2D eigenvalue weighted by Crippen LogP contribution is -2.27. The van der Waals surface area contributed by atoms with Gasteiger partial charge in [0.1, 0.15) is 7.85 Å². The molecule has 110 valence electrons. The van der Waals surface area contributed by atoms with Crippen molar-refractivity contribution in [3.63, 3.8) is 0 Å². The molecule has 2 radical (unpaired) electrons. The molecule has 2 aromatic carbocycles. The van der Waals surface area contributed by atoms with Crippen LogP contribution in [0.3, 0.4) is 0 Å². The Balaban J connectivity index is 2.14. The first-order valence-corrected chi connectivity index (χ1v) is 6.61. The van der Waals surface area contributed by atoms with Crippen molar-refractivity contribution in [3.05, 3.63) is 64.7 Å². The quantitative estimate of drug-likeness (QED) is 0.705. The summed E-state index contributed by atoms with van der Waals surface area (Å²) in [6.45, 7) is -0.133. The van der Waals surface area contributed by atoms with E-state index < -0.39 is 5.97 Å². The third-order valence-electron chi connectivity index (χ3n) is 3.26. The van der Waals surface area contributed by atoms with Gasteiger partial charge < -0.3 is 15.5 Å². The second-order valence-corrected chi connectivity index (χ2v) is 4.72. The van der Waals surface area contributed by atoms with Gasteiger partial charge in [-0.25, -0.2) is 4.79 Å². The SMILES string of the molecule is [B]c1ccc(C(=O)O)cc1CNC(=O)c1ccccc1CO. The molecular formula is C16H14BNO4. The minimum Gasteiger partial charge on any atom is -0.478 e. The van der Waals surface area contributed by atoms with Crippen molar-refractivity contribution < 1.29 is 19.8 Å². The van der Waals surface area contributed by atoms with Gasteiger partial charge in [-0.1, -0.05) is 29.7 Å². The number of aromatic carboxylic acids is 1. The van der Waals surface area contributed by atoms with Gasteiger partial charge in [-0.05, 0) is 29.3 Å². The maximum Gasteiger partial charge on any atom is 0.335 e. The van der Waals surface area contributed by atoms with E-state index in [1.54, 1.807) is 24.3 Å². The maximum absolute atomic E-state index is 12.1. The van der Waals surface area contributed by atoms with Gasteiger partial charge in [-0.15, -0.1) is 0 Å². The molecule has 0 saturated carbocycles. The fourth-order valence-corrected chi connectivity index (χ4v) is 2.04. The van der Waals surface area contributed by atoms with Crippen molar-refractivity contribution in [3.8, 4) is 0 Å². The number of benzene rings is 2. The molecule has 5 nitrogen and oxygen atoms in total. The van der Waals surface area contributed by atoms with Crippen LogP contribution in [0, 0.1) is 0 Å². The number of amides is 1. The average molecular weight is 295 g/mol. The van der Waals surface area contributed by atoms with Gasteiger partial charge in [0.25, 0.3) is 5.91 Å². The highest BCUT2D eigenvalue weighted by molar-refractivity contribution is 6.33. The third kappa shape index (κ3) is 3.53. The van der Waals surface area contributed by atoms with Crippen LogP contribution < -0.4 is 10.8 Å². The van der Waals surface area contributed by atoms with Gasteiger partial charge >= 0.3 is 5.97 Å². The van der Waals surface area contributed by atoms with Crippen LogP contribution in [-0.4, -0.2) is 29.9 Å². The first-order valence-electron chi connectivity index (χ1n) is 6.61. The van der Waals surface area contributed by atoms with Crippen molar-refractivity contribution in [1.82, 2.24) is 5.32 Å². The molecule has 0 bridgehead atoms. The Labute approximate surface area is 129 Å². The summed E-state index contributed by atoms with van der Waals surface area (Å²) >= 11 is 0. The summed E-state index contributed by atoms with van der Waals surface area (Å²) in [5.74, 6) is -1.41. The molecule has 0 unspecified atom stereocenters. The number of carbonyl (C=O) groups is 2. The summed E-state index contributed by atoms with van der Waals surface area (Å²) in [5, 5.41) is 20.9.